The number of para-hydroxylation sites is 2. The van der Waals surface area contributed by atoms with Crippen LogP contribution in [-0.2, 0) is 14.3 Å². The number of hydrogen-bond donors (Lipinski definition) is 3. The molecule has 4 N–H and O–H groups in total. The molecule has 0 aliphatic carbocycles. The van der Waals surface area contributed by atoms with Crippen molar-refractivity contribution in [1.82, 2.24) is 0 Å². The maximum Gasteiger partial charge on any atom is 0.341 e. The number of aliphatic carboxylic acids is 1. The second kappa shape index (κ2) is 6.36. The van der Waals surface area contributed by atoms with Crippen LogP contribution in [0.25, 0.3) is 0 Å². The van der Waals surface area contributed by atoms with Gasteiger partial charge < -0.3 is 25.6 Å². The molecule has 0 spiro atoms. The third kappa shape index (κ3) is 3.46. The van der Waals surface area contributed by atoms with E-state index in [2.05, 4.69) is 5.32 Å². The van der Waals surface area contributed by atoms with E-state index in [-0.39, 0.29) is 18.6 Å². The number of rotatable bonds is 5. The molecule has 108 valence electrons. The molecule has 1 fully saturated rings. The molecule has 1 aliphatic rings. The molecular formula is C13H16N2O5. The minimum Gasteiger partial charge on any atom is -0.480 e. The van der Waals surface area contributed by atoms with Crippen molar-refractivity contribution < 1.29 is 24.2 Å². The molecule has 1 aromatic carbocycles. The number of anilines is 1. The molecule has 2 rings (SSSR count). The van der Waals surface area contributed by atoms with Gasteiger partial charge in [0.1, 0.15) is 5.75 Å². The van der Waals surface area contributed by atoms with E-state index in [1.165, 1.54) is 0 Å². The highest BCUT2D eigenvalue weighted by Crippen LogP contribution is 2.25. The van der Waals surface area contributed by atoms with Crippen molar-refractivity contribution in [3.8, 4) is 5.75 Å². The Morgan fingerprint density at radius 2 is 2.15 bits per heavy atom. The van der Waals surface area contributed by atoms with Crippen LogP contribution in [0.1, 0.15) is 0 Å². The highest BCUT2D eigenvalue weighted by molar-refractivity contribution is 5.94. The van der Waals surface area contributed by atoms with Crippen LogP contribution in [0.4, 0.5) is 5.69 Å². The van der Waals surface area contributed by atoms with Crippen LogP contribution >= 0.6 is 0 Å². The summed E-state index contributed by atoms with van der Waals surface area (Å²) in [5, 5.41) is 11.3. The summed E-state index contributed by atoms with van der Waals surface area (Å²) in [6.45, 7) is 0.166. The highest BCUT2D eigenvalue weighted by atomic mass is 16.5. The number of nitrogens with one attached hydrogen (secondary N) is 1. The second-order valence-corrected chi connectivity index (χ2v) is 4.48. The van der Waals surface area contributed by atoms with E-state index in [0.717, 1.165) is 0 Å². The molecule has 7 heteroatoms. The molecule has 2 atom stereocenters. The van der Waals surface area contributed by atoms with E-state index < -0.39 is 18.5 Å². The Bertz CT molecular complexity index is 505. The standard InChI is InChI=1S/C13H16N2O5/c14-9-6-19-5-8(9)13(18)15-10-3-1-2-4-11(10)20-7-12(16)17/h1-4,8-9H,5-7,14H2,(H,15,18)(H,16,17). The molecule has 20 heavy (non-hydrogen) atoms. The lowest BCUT2D eigenvalue weighted by Crippen LogP contribution is -2.37. The summed E-state index contributed by atoms with van der Waals surface area (Å²) < 4.78 is 10.3. The first-order chi connectivity index (χ1) is 9.58. The fourth-order valence-electron chi connectivity index (χ4n) is 1.90. The van der Waals surface area contributed by atoms with Gasteiger partial charge in [-0.1, -0.05) is 12.1 Å². The second-order valence-electron chi connectivity index (χ2n) is 4.48. The number of carbonyl (C=O) groups is 2. The predicted molar refractivity (Wildman–Crippen MR) is 70.5 cm³/mol. The van der Waals surface area contributed by atoms with Crippen LogP contribution in [-0.4, -0.2) is 42.8 Å². The predicted octanol–water partition coefficient (Wildman–Crippen LogP) is 0.0622. The number of nitrogens with two attached hydrogens (primary N) is 1. The summed E-state index contributed by atoms with van der Waals surface area (Å²) >= 11 is 0. The summed E-state index contributed by atoms with van der Waals surface area (Å²) in [7, 11) is 0. The number of benzene rings is 1. The molecule has 1 heterocycles. The van der Waals surface area contributed by atoms with Crippen LogP contribution in [0, 0.1) is 5.92 Å². The normalized spacial score (nSPS) is 21.4. The minimum absolute atomic E-state index is 0.263. The first-order valence-corrected chi connectivity index (χ1v) is 6.15. The Balaban J connectivity index is 2.04. The average Bonchev–Trinajstić information content (AvgIpc) is 2.84. The van der Waals surface area contributed by atoms with E-state index in [0.29, 0.717) is 18.0 Å². The Kier molecular flexibility index (Phi) is 4.54. The van der Waals surface area contributed by atoms with Crippen molar-refractivity contribution in [1.29, 1.82) is 0 Å². The van der Waals surface area contributed by atoms with Crippen molar-refractivity contribution in [3.63, 3.8) is 0 Å². The Labute approximate surface area is 115 Å². The minimum atomic E-state index is -1.09. The van der Waals surface area contributed by atoms with Gasteiger partial charge in [0.05, 0.1) is 24.8 Å². The first kappa shape index (κ1) is 14.3. The van der Waals surface area contributed by atoms with Gasteiger partial charge in [0.25, 0.3) is 0 Å². The van der Waals surface area contributed by atoms with Gasteiger partial charge >= 0.3 is 5.97 Å². The fraction of sp³-hybridized carbons (Fsp3) is 0.385. The summed E-state index contributed by atoms with van der Waals surface area (Å²) in [6.07, 6.45) is 0. The Morgan fingerprint density at radius 1 is 1.40 bits per heavy atom. The van der Waals surface area contributed by atoms with Gasteiger partial charge in [-0.25, -0.2) is 4.79 Å². The van der Waals surface area contributed by atoms with E-state index in [4.69, 9.17) is 20.3 Å². The lowest BCUT2D eigenvalue weighted by Gasteiger charge is -2.15. The van der Waals surface area contributed by atoms with E-state index in [9.17, 15) is 9.59 Å². The molecule has 2 unspecified atom stereocenters. The van der Waals surface area contributed by atoms with Crippen molar-refractivity contribution >= 4 is 17.6 Å². The molecule has 0 bridgehead atoms. The molecule has 0 saturated carbocycles. The topological polar surface area (TPSA) is 111 Å². The smallest absolute Gasteiger partial charge is 0.341 e. The van der Waals surface area contributed by atoms with Crippen molar-refractivity contribution in [3.05, 3.63) is 24.3 Å². The van der Waals surface area contributed by atoms with Crippen molar-refractivity contribution in [2.45, 2.75) is 6.04 Å². The van der Waals surface area contributed by atoms with Crippen molar-refractivity contribution in [2.75, 3.05) is 25.1 Å². The number of hydrogen-bond acceptors (Lipinski definition) is 5. The van der Waals surface area contributed by atoms with Crippen LogP contribution in [0.5, 0.6) is 5.75 Å². The fourth-order valence-corrected chi connectivity index (χ4v) is 1.90. The summed E-state index contributed by atoms with van der Waals surface area (Å²) in [4.78, 5) is 22.6. The summed E-state index contributed by atoms with van der Waals surface area (Å²) in [5.41, 5.74) is 6.19. The van der Waals surface area contributed by atoms with Crippen LogP contribution < -0.4 is 15.8 Å². The quantitative estimate of drug-likeness (QED) is 0.703. The van der Waals surface area contributed by atoms with E-state index in [1.807, 2.05) is 0 Å². The number of carboxylic acid groups (broad SMARTS) is 1. The molecular weight excluding hydrogens is 264 g/mol. The van der Waals surface area contributed by atoms with Gasteiger partial charge in [0.2, 0.25) is 5.91 Å². The first-order valence-electron chi connectivity index (χ1n) is 6.15. The number of carbonyl (C=O) groups excluding carboxylic acids is 1. The van der Waals surface area contributed by atoms with Gasteiger partial charge in [0.15, 0.2) is 6.61 Å². The number of amides is 1. The van der Waals surface area contributed by atoms with E-state index in [1.54, 1.807) is 24.3 Å². The average molecular weight is 280 g/mol. The largest absolute Gasteiger partial charge is 0.480 e. The van der Waals surface area contributed by atoms with Crippen LogP contribution in [0.3, 0.4) is 0 Å². The maximum absolute atomic E-state index is 12.1. The van der Waals surface area contributed by atoms with Gasteiger partial charge in [0, 0.05) is 6.04 Å². The lowest BCUT2D eigenvalue weighted by molar-refractivity contribution is -0.139. The number of carboxylic acids is 1. The van der Waals surface area contributed by atoms with E-state index >= 15 is 0 Å². The SMILES string of the molecule is NC1COCC1C(=O)Nc1ccccc1OCC(=O)O. The lowest BCUT2D eigenvalue weighted by atomic mass is 10.0. The molecule has 1 amide bonds. The molecule has 7 nitrogen and oxygen atoms in total. The molecule has 1 saturated heterocycles. The monoisotopic (exact) mass is 280 g/mol. The van der Waals surface area contributed by atoms with Crippen LogP contribution in [0.2, 0.25) is 0 Å². The van der Waals surface area contributed by atoms with Gasteiger partial charge in [-0.3, -0.25) is 4.79 Å². The van der Waals surface area contributed by atoms with Crippen molar-refractivity contribution in [2.24, 2.45) is 11.7 Å². The zero-order valence-electron chi connectivity index (χ0n) is 10.7. The summed E-state index contributed by atoms with van der Waals surface area (Å²) in [6, 6.07) is 6.30. The van der Waals surface area contributed by atoms with Gasteiger partial charge in [-0.2, -0.15) is 0 Å². The van der Waals surface area contributed by atoms with Gasteiger partial charge in [-0.15, -0.1) is 0 Å². The van der Waals surface area contributed by atoms with Gasteiger partial charge in [-0.05, 0) is 12.1 Å². The number of ether oxygens (including phenoxy) is 2. The third-order valence-electron chi connectivity index (χ3n) is 2.96. The Morgan fingerprint density at radius 3 is 2.80 bits per heavy atom. The molecule has 1 aliphatic heterocycles. The molecule has 0 radical (unpaired) electrons. The Hall–Kier alpha value is -2.12. The zero-order chi connectivity index (χ0) is 14.5. The van der Waals surface area contributed by atoms with Crippen LogP contribution in [0.15, 0.2) is 24.3 Å². The summed E-state index contributed by atoms with van der Waals surface area (Å²) in [5.74, 6) is -1.46. The molecule has 0 aromatic heterocycles. The maximum atomic E-state index is 12.1. The molecule has 1 aromatic rings. The highest BCUT2D eigenvalue weighted by Gasteiger charge is 2.31. The zero-order valence-corrected chi connectivity index (χ0v) is 10.7. The third-order valence-corrected chi connectivity index (χ3v) is 2.96.